The number of hydrogen-bond donors (Lipinski definition) is 1. The summed E-state index contributed by atoms with van der Waals surface area (Å²) < 4.78 is 26.3. The Morgan fingerprint density at radius 3 is 2.60 bits per heavy atom. The fourth-order valence-corrected chi connectivity index (χ4v) is 1.17. The van der Waals surface area contributed by atoms with E-state index in [0.29, 0.717) is 13.1 Å². The van der Waals surface area contributed by atoms with Crippen molar-refractivity contribution in [1.29, 1.82) is 0 Å². The van der Waals surface area contributed by atoms with Gasteiger partial charge in [0.2, 0.25) is 0 Å². The molecular weight excluding hydrogens is 206 g/mol. The molecular formula is C8H14F2N4O. The topological polar surface area (TPSA) is 54.2 Å². The molecule has 1 aromatic rings. The first-order valence-electron chi connectivity index (χ1n) is 4.52. The Morgan fingerprint density at radius 1 is 1.47 bits per heavy atom. The first kappa shape index (κ1) is 12.0. The third-order valence-corrected chi connectivity index (χ3v) is 1.96. The molecule has 0 aliphatic heterocycles. The van der Waals surface area contributed by atoms with Crippen molar-refractivity contribution >= 4 is 0 Å². The number of rotatable bonds is 5. The highest BCUT2D eigenvalue weighted by Crippen LogP contribution is 2.21. The van der Waals surface area contributed by atoms with E-state index in [4.69, 9.17) is 5.11 Å². The van der Waals surface area contributed by atoms with Crippen LogP contribution >= 0.6 is 0 Å². The summed E-state index contributed by atoms with van der Waals surface area (Å²) in [5, 5.41) is 15.9. The zero-order valence-corrected chi connectivity index (χ0v) is 8.69. The molecule has 1 aromatic heterocycles. The van der Waals surface area contributed by atoms with Crippen LogP contribution in [-0.2, 0) is 13.2 Å². The van der Waals surface area contributed by atoms with Crippen molar-refractivity contribution in [1.82, 2.24) is 19.9 Å². The molecule has 1 rings (SSSR count). The summed E-state index contributed by atoms with van der Waals surface area (Å²) in [5.41, 5.74) is -0.344. The minimum Gasteiger partial charge on any atom is -0.390 e. The summed E-state index contributed by atoms with van der Waals surface area (Å²) in [7, 11) is 3.68. The van der Waals surface area contributed by atoms with E-state index in [1.165, 1.54) is 0 Å². The zero-order chi connectivity index (χ0) is 11.4. The van der Waals surface area contributed by atoms with Gasteiger partial charge in [-0.2, -0.15) is 0 Å². The van der Waals surface area contributed by atoms with Crippen LogP contribution in [0.3, 0.4) is 0 Å². The third-order valence-electron chi connectivity index (χ3n) is 1.96. The Bertz CT molecular complexity index is 314. The van der Waals surface area contributed by atoms with Crippen molar-refractivity contribution in [2.24, 2.45) is 0 Å². The molecule has 15 heavy (non-hydrogen) atoms. The second-order valence-electron chi connectivity index (χ2n) is 3.41. The SMILES string of the molecule is CN(C)CCn1nnc(CO)c1C(F)F. The molecule has 0 amide bonds. The lowest BCUT2D eigenvalue weighted by Gasteiger charge is -2.10. The number of aliphatic hydroxyl groups excluding tert-OH is 1. The fourth-order valence-electron chi connectivity index (χ4n) is 1.17. The van der Waals surface area contributed by atoms with E-state index < -0.39 is 13.0 Å². The van der Waals surface area contributed by atoms with Gasteiger partial charge < -0.3 is 10.0 Å². The summed E-state index contributed by atoms with van der Waals surface area (Å²) in [6, 6.07) is 0. The predicted octanol–water partition coefficient (Wildman–Crippen LogP) is 0.270. The molecule has 0 aliphatic rings. The van der Waals surface area contributed by atoms with Gasteiger partial charge in [-0.15, -0.1) is 5.10 Å². The molecule has 1 heterocycles. The van der Waals surface area contributed by atoms with Gasteiger partial charge in [0, 0.05) is 6.54 Å². The lowest BCUT2D eigenvalue weighted by atomic mass is 10.3. The molecule has 0 atom stereocenters. The van der Waals surface area contributed by atoms with Gasteiger partial charge >= 0.3 is 0 Å². The molecule has 0 radical (unpaired) electrons. The van der Waals surface area contributed by atoms with E-state index in [1.54, 1.807) is 0 Å². The van der Waals surface area contributed by atoms with Crippen LogP contribution in [0.2, 0.25) is 0 Å². The zero-order valence-electron chi connectivity index (χ0n) is 8.69. The lowest BCUT2D eigenvalue weighted by Crippen LogP contribution is -2.20. The molecule has 86 valence electrons. The van der Waals surface area contributed by atoms with Crippen LogP contribution in [0.4, 0.5) is 8.78 Å². The molecule has 0 spiro atoms. The van der Waals surface area contributed by atoms with Crippen molar-refractivity contribution in [2.75, 3.05) is 20.6 Å². The minimum absolute atomic E-state index is 0.0521. The van der Waals surface area contributed by atoms with E-state index >= 15 is 0 Å². The van der Waals surface area contributed by atoms with Crippen LogP contribution < -0.4 is 0 Å². The van der Waals surface area contributed by atoms with Gasteiger partial charge in [0.05, 0.1) is 13.2 Å². The molecule has 0 aromatic carbocycles. The third kappa shape index (κ3) is 2.93. The fraction of sp³-hybridized carbons (Fsp3) is 0.750. The summed E-state index contributed by atoms with van der Waals surface area (Å²) in [5.74, 6) is 0. The second-order valence-corrected chi connectivity index (χ2v) is 3.41. The quantitative estimate of drug-likeness (QED) is 0.773. The Morgan fingerprint density at radius 2 is 2.13 bits per heavy atom. The standard InChI is InChI=1S/C8H14F2N4O/c1-13(2)3-4-14-7(8(9)10)6(5-15)11-12-14/h8,15H,3-5H2,1-2H3. The van der Waals surface area contributed by atoms with E-state index in [2.05, 4.69) is 10.3 Å². The molecule has 1 N–H and O–H groups in total. The number of aromatic nitrogens is 3. The molecule has 0 saturated heterocycles. The number of alkyl halides is 2. The van der Waals surface area contributed by atoms with Gasteiger partial charge in [-0.05, 0) is 14.1 Å². The van der Waals surface area contributed by atoms with Crippen LogP contribution in [0.5, 0.6) is 0 Å². The largest absolute Gasteiger partial charge is 0.390 e. The van der Waals surface area contributed by atoms with Crippen LogP contribution in [0, 0.1) is 0 Å². The van der Waals surface area contributed by atoms with E-state index in [-0.39, 0.29) is 11.4 Å². The molecule has 7 heteroatoms. The minimum atomic E-state index is -2.66. The first-order valence-corrected chi connectivity index (χ1v) is 4.52. The highest BCUT2D eigenvalue weighted by molar-refractivity contribution is 5.10. The molecule has 0 unspecified atom stereocenters. The van der Waals surface area contributed by atoms with Crippen LogP contribution in [-0.4, -0.2) is 45.6 Å². The van der Waals surface area contributed by atoms with Crippen molar-refractivity contribution in [3.05, 3.63) is 11.4 Å². The highest BCUT2D eigenvalue weighted by atomic mass is 19.3. The maximum Gasteiger partial charge on any atom is 0.282 e. The van der Waals surface area contributed by atoms with Crippen molar-refractivity contribution in [3.63, 3.8) is 0 Å². The number of hydrogen-bond acceptors (Lipinski definition) is 4. The Labute approximate surface area is 86.3 Å². The van der Waals surface area contributed by atoms with Crippen LogP contribution in [0.15, 0.2) is 0 Å². The van der Waals surface area contributed by atoms with Gasteiger partial charge in [-0.3, -0.25) is 0 Å². The summed E-state index contributed by atoms with van der Waals surface area (Å²) in [6.07, 6.45) is -2.66. The monoisotopic (exact) mass is 220 g/mol. The van der Waals surface area contributed by atoms with Crippen molar-refractivity contribution in [2.45, 2.75) is 19.6 Å². The van der Waals surface area contributed by atoms with Crippen LogP contribution in [0.25, 0.3) is 0 Å². The number of nitrogens with zero attached hydrogens (tertiary/aromatic N) is 4. The molecule has 0 bridgehead atoms. The van der Waals surface area contributed by atoms with Gasteiger partial charge in [0.25, 0.3) is 6.43 Å². The molecule has 5 nitrogen and oxygen atoms in total. The lowest BCUT2D eigenvalue weighted by molar-refractivity contribution is 0.134. The Balaban J connectivity index is 2.82. The predicted molar refractivity (Wildman–Crippen MR) is 49.5 cm³/mol. The van der Waals surface area contributed by atoms with Gasteiger partial charge in [0.15, 0.2) is 0 Å². The summed E-state index contributed by atoms with van der Waals surface area (Å²) >= 11 is 0. The molecule has 0 aliphatic carbocycles. The number of likely N-dealkylation sites (N-methyl/N-ethyl adjacent to an activating group) is 1. The first-order chi connectivity index (χ1) is 7.06. The molecule has 0 saturated carbocycles. The van der Waals surface area contributed by atoms with Gasteiger partial charge in [0.1, 0.15) is 11.4 Å². The summed E-state index contributed by atoms with van der Waals surface area (Å²) in [6.45, 7) is 0.412. The van der Waals surface area contributed by atoms with E-state index in [1.807, 2.05) is 19.0 Å². The van der Waals surface area contributed by atoms with Gasteiger partial charge in [-0.1, -0.05) is 5.21 Å². The average Bonchev–Trinajstić information content (AvgIpc) is 2.57. The van der Waals surface area contributed by atoms with Crippen LogP contribution in [0.1, 0.15) is 17.8 Å². The van der Waals surface area contributed by atoms with Crippen molar-refractivity contribution in [3.8, 4) is 0 Å². The Hall–Kier alpha value is -1.08. The van der Waals surface area contributed by atoms with E-state index in [0.717, 1.165) is 4.68 Å². The maximum absolute atomic E-state index is 12.6. The number of aliphatic hydroxyl groups is 1. The summed E-state index contributed by atoms with van der Waals surface area (Å²) in [4.78, 5) is 1.86. The van der Waals surface area contributed by atoms with E-state index in [9.17, 15) is 8.78 Å². The average molecular weight is 220 g/mol. The van der Waals surface area contributed by atoms with Gasteiger partial charge in [-0.25, -0.2) is 13.5 Å². The normalized spacial score (nSPS) is 11.7. The highest BCUT2D eigenvalue weighted by Gasteiger charge is 2.20. The van der Waals surface area contributed by atoms with Crippen molar-refractivity contribution < 1.29 is 13.9 Å². The second kappa shape index (κ2) is 5.13. The Kier molecular flexibility index (Phi) is 4.10. The number of halogens is 2. The smallest absolute Gasteiger partial charge is 0.282 e. The maximum atomic E-state index is 12.6. The molecule has 0 fully saturated rings.